The predicted octanol–water partition coefficient (Wildman–Crippen LogP) is 2.64. The summed E-state index contributed by atoms with van der Waals surface area (Å²) >= 11 is 12.2. The van der Waals surface area contributed by atoms with Crippen molar-refractivity contribution in [1.82, 2.24) is 20.2 Å². The zero-order valence-corrected chi connectivity index (χ0v) is 13.8. The summed E-state index contributed by atoms with van der Waals surface area (Å²) in [5.74, 6) is 0.432. The van der Waals surface area contributed by atoms with Crippen molar-refractivity contribution in [3.8, 4) is 0 Å². The zero-order valence-electron chi connectivity index (χ0n) is 12.3. The van der Waals surface area contributed by atoms with Gasteiger partial charge in [-0.2, -0.15) is 5.10 Å². The fraction of sp³-hybridized carbons (Fsp3) is 0.133. The average molecular weight is 364 g/mol. The van der Waals surface area contributed by atoms with Crippen molar-refractivity contribution < 1.29 is 0 Å². The maximum Gasteiger partial charge on any atom is 0.327 e. The lowest BCUT2D eigenvalue weighted by atomic mass is 9.83. The van der Waals surface area contributed by atoms with Crippen LogP contribution >= 0.6 is 23.2 Å². The summed E-state index contributed by atoms with van der Waals surface area (Å²) in [5.41, 5.74) is 1.74. The summed E-state index contributed by atoms with van der Waals surface area (Å²) < 4.78 is 0. The topological polar surface area (TPSA) is 106 Å². The first-order chi connectivity index (χ1) is 11.5. The van der Waals surface area contributed by atoms with E-state index in [0.717, 1.165) is 16.8 Å². The van der Waals surface area contributed by atoms with E-state index in [1.54, 1.807) is 18.2 Å². The first-order valence-electron chi connectivity index (χ1n) is 7.09. The molecule has 0 bridgehead atoms. The monoisotopic (exact) mass is 363 g/mol. The molecular formula is C15H11Cl2N5O2. The Bertz CT molecular complexity index is 1080. The molecule has 2 aromatic heterocycles. The van der Waals surface area contributed by atoms with E-state index in [1.165, 1.54) is 0 Å². The number of aromatic amines is 3. The third kappa shape index (κ3) is 2.16. The van der Waals surface area contributed by atoms with Crippen molar-refractivity contribution in [2.45, 2.75) is 12.8 Å². The lowest BCUT2D eigenvalue weighted by Crippen LogP contribution is -2.31. The number of aromatic nitrogens is 4. The van der Waals surface area contributed by atoms with E-state index >= 15 is 0 Å². The molecule has 7 nitrogen and oxygen atoms in total. The minimum Gasteiger partial charge on any atom is -0.324 e. The van der Waals surface area contributed by atoms with Crippen molar-refractivity contribution >= 4 is 34.8 Å². The van der Waals surface area contributed by atoms with Gasteiger partial charge >= 0.3 is 5.69 Å². The molecular weight excluding hydrogens is 353 g/mol. The summed E-state index contributed by atoms with van der Waals surface area (Å²) in [7, 11) is 0. The van der Waals surface area contributed by atoms with Gasteiger partial charge in [0.05, 0.1) is 15.6 Å². The van der Waals surface area contributed by atoms with Crippen LogP contribution in [0.25, 0.3) is 0 Å². The van der Waals surface area contributed by atoms with Crippen LogP contribution < -0.4 is 16.6 Å². The molecule has 3 heterocycles. The standard InChI is InChI=1S/C15H11Cl2N5O2/c1-5-9-10(6-2-3-7(16)8(17)4-6)11-12(18-13(9)22-21-5)19-15(24)20-14(11)23/h2-4,10H,1H3,(H4,18,19,20,21,22,23,24). The van der Waals surface area contributed by atoms with Gasteiger partial charge in [-0.05, 0) is 24.6 Å². The second-order valence-corrected chi connectivity index (χ2v) is 6.35. The fourth-order valence-electron chi connectivity index (χ4n) is 3.04. The Hall–Kier alpha value is -2.51. The number of rotatable bonds is 1. The predicted molar refractivity (Wildman–Crippen MR) is 91.7 cm³/mol. The van der Waals surface area contributed by atoms with Crippen LogP contribution in [0.1, 0.15) is 28.3 Å². The zero-order chi connectivity index (χ0) is 17.0. The number of halogens is 2. The second kappa shape index (κ2) is 5.25. The molecule has 4 N–H and O–H groups in total. The molecule has 1 aliphatic heterocycles. The SMILES string of the molecule is Cc1[nH]nc2c1C(c1ccc(Cl)c(Cl)c1)c1c([nH]c(=O)[nH]c1=O)N2. The number of hydrogen-bond acceptors (Lipinski definition) is 4. The van der Waals surface area contributed by atoms with Gasteiger partial charge in [0.2, 0.25) is 0 Å². The second-order valence-electron chi connectivity index (χ2n) is 5.54. The third-order valence-electron chi connectivity index (χ3n) is 4.07. The van der Waals surface area contributed by atoms with E-state index in [9.17, 15) is 9.59 Å². The minimum absolute atomic E-state index is 0.318. The number of hydrogen-bond donors (Lipinski definition) is 4. The van der Waals surface area contributed by atoms with Crippen LogP contribution in [0.5, 0.6) is 0 Å². The molecule has 0 amide bonds. The van der Waals surface area contributed by atoms with Gasteiger partial charge in [0.25, 0.3) is 5.56 Å². The lowest BCUT2D eigenvalue weighted by molar-refractivity contribution is 0.881. The van der Waals surface area contributed by atoms with Crippen molar-refractivity contribution in [1.29, 1.82) is 0 Å². The van der Waals surface area contributed by atoms with Gasteiger partial charge in [-0.3, -0.25) is 19.9 Å². The molecule has 9 heteroatoms. The van der Waals surface area contributed by atoms with Crippen molar-refractivity contribution in [2.75, 3.05) is 5.32 Å². The molecule has 1 aliphatic rings. The molecule has 0 saturated carbocycles. The van der Waals surface area contributed by atoms with Gasteiger partial charge in [0.1, 0.15) is 5.82 Å². The van der Waals surface area contributed by atoms with Crippen molar-refractivity contribution in [2.24, 2.45) is 0 Å². The molecule has 0 fully saturated rings. The highest BCUT2D eigenvalue weighted by atomic mass is 35.5. The molecule has 0 radical (unpaired) electrons. The molecule has 0 saturated heterocycles. The van der Waals surface area contributed by atoms with Crippen molar-refractivity contribution in [3.63, 3.8) is 0 Å². The fourth-order valence-corrected chi connectivity index (χ4v) is 3.35. The van der Waals surface area contributed by atoms with Crippen molar-refractivity contribution in [3.05, 3.63) is 71.5 Å². The Morgan fingerprint density at radius 3 is 2.62 bits per heavy atom. The molecule has 4 rings (SSSR count). The molecule has 3 aromatic rings. The van der Waals surface area contributed by atoms with E-state index in [0.29, 0.717) is 27.2 Å². The molecule has 0 aliphatic carbocycles. The van der Waals surface area contributed by atoms with Gasteiger partial charge in [-0.15, -0.1) is 0 Å². The summed E-state index contributed by atoms with van der Waals surface area (Å²) in [6.45, 7) is 1.86. The summed E-state index contributed by atoms with van der Waals surface area (Å²) in [5, 5.41) is 10.9. The van der Waals surface area contributed by atoms with Crippen LogP contribution in [-0.4, -0.2) is 20.2 Å². The lowest BCUT2D eigenvalue weighted by Gasteiger charge is -2.25. The van der Waals surface area contributed by atoms with Crippen LogP contribution in [0.4, 0.5) is 11.6 Å². The number of H-pyrrole nitrogens is 3. The molecule has 24 heavy (non-hydrogen) atoms. The molecule has 122 valence electrons. The molecule has 1 atom stereocenters. The van der Waals surface area contributed by atoms with E-state index in [1.807, 2.05) is 6.92 Å². The summed E-state index contributed by atoms with van der Waals surface area (Å²) in [4.78, 5) is 28.9. The van der Waals surface area contributed by atoms with Crippen LogP contribution in [-0.2, 0) is 0 Å². The van der Waals surface area contributed by atoms with Crippen LogP contribution in [0.3, 0.4) is 0 Å². The highest BCUT2D eigenvalue weighted by Crippen LogP contribution is 2.43. The van der Waals surface area contributed by atoms with E-state index in [-0.39, 0.29) is 0 Å². The summed E-state index contributed by atoms with van der Waals surface area (Å²) in [6, 6.07) is 5.19. The first kappa shape index (κ1) is 15.0. The number of anilines is 2. The molecule has 0 spiro atoms. The first-order valence-corrected chi connectivity index (χ1v) is 7.84. The Balaban J connectivity index is 2.05. The largest absolute Gasteiger partial charge is 0.327 e. The normalized spacial score (nSPS) is 15.5. The maximum atomic E-state index is 12.5. The van der Waals surface area contributed by atoms with Crippen LogP contribution in [0.2, 0.25) is 10.0 Å². The van der Waals surface area contributed by atoms with Crippen LogP contribution in [0.15, 0.2) is 27.8 Å². The maximum absolute atomic E-state index is 12.5. The number of nitrogens with zero attached hydrogens (tertiary/aromatic N) is 1. The quantitative estimate of drug-likeness (QED) is 0.417. The van der Waals surface area contributed by atoms with E-state index in [2.05, 4.69) is 25.5 Å². The average Bonchev–Trinajstić information content (AvgIpc) is 2.89. The van der Waals surface area contributed by atoms with E-state index in [4.69, 9.17) is 23.2 Å². The highest BCUT2D eigenvalue weighted by molar-refractivity contribution is 6.42. The number of aryl methyl sites for hydroxylation is 1. The highest BCUT2D eigenvalue weighted by Gasteiger charge is 2.34. The minimum atomic E-state index is -0.588. The van der Waals surface area contributed by atoms with Gasteiger partial charge in [-0.1, -0.05) is 29.3 Å². The Kier molecular flexibility index (Phi) is 3.29. The molecule has 1 aromatic carbocycles. The van der Waals surface area contributed by atoms with E-state index < -0.39 is 17.2 Å². The Labute approximate surface area is 145 Å². The van der Waals surface area contributed by atoms with Gasteiger partial charge in [0, 0.05) is 17.2 Å². The smallest absolute Gasteiger partial charge is 0.324 e. The van der Waals surface area contributed by atoms with Gasteiger partial charge < -0.3 is 5.32 Å². The summed E-state index contributed by atoms with van der Waals surface area (Å²) in [6.07, 6.45) is 0. The van der Waals surface area contributed by atoms with Gasteiger partial charge in [-0.25, -0.2) is 4.79 Å². The number of benzene rings is 1. The number of fused-ring (bicyclic) bond motifs is 2. The van der Waals surface area contributed by atoms with Crippen LogP contribution in [0, 0.1) is 6.92 Å². The third-order valence-corrected chi connectivity index (χ3v) is 4.81. The number of nitrogens with one attached hydrogen (secondary N) is 4. The Morgan fingerprint density at radius 1 is 1.08 bits per heavy atom. The van der Waals surface area contributed by atoms with Gasteiger partial charge in [0.15, 0.2) is 5.82 Å². The Morgan fingerprint density at radius 2 is 1.88 bits per heavy atom. The molecule has 1 unspecified atom stereocenters.